The molecule has 2 unspecified atom stereocenters. The smallest absolute Gasteiger partial charge is 0.338 e. The summed E-state index contributed by atoms with van der Waals surface area (Å²) in [5, 5.41) is 3.31. The summed E-state index contributed by atoms with van der Waals surface area (Å²) in [7, 11) is 0. The number of benzene rings is 2. The summed E-state index contributed by atoms with van der Waals surface area (Å²) < 4.78 is 5.74. The number of hydrogen-bond acceptors (Lipinski definition) is 3. The van der Waals surface area contributed by atoms with Crippen LogP contribution in [0.3, 0.4) is 0 Å². The molecule has 2 atom stereocenters. The second-order valence-corrected chi connectivity index (χ2v) is 5.32. The van der Waals surface area contributed by atoms with Gasteiger partial charge in [-0.25, -0.2) is 4.79 Å². The van der Waals surface area contributed by atoms with E-state index in [9.17, 15) is 4.79 Å². The number of nitrogens with one attached hydrogen (secondary N) is 1. The fourth-order valence-electron chi connectivity index (χ4n) is 2.82. The summed E-state index contributed by atoms with van der Waals surface area (Å²) >= 11 is 0. The molecule has 1 fully saturated rings. The lowest BCUT2D eigenvalue weighted by Crippen LogP contribution is -2.42. The van der Waals surface area contributed by atoms with E-state index in [-0.39, 0.29) is 18.0 Å². The minimum Gasteiger partial charge on any atom is -0.457 e. The molecule has 1 heterocycles. The maximum absolute atomic E-state index is 12.2. The van der Waals surface area contributed by atoms with Crippen LogP contribution >= 0.6 is 0 Å². The van der Waals surface area contributed by atoms with Crippen LogP contribution in [-0.2, 0) is 4.74 Å². The third-order valence-corrected chi connectivity index (χ3v) is 3.92. The molecule has 0 spiro atoms. The molecule has 3 nitrogen and oxygen atoms in total. The molecule has 1 N–H and O–H groups in total. The van der Waals surface area contributed by atoms with Crippen molar-refractivity contribution >= 4 is 5.97 Å². The summed E-state index contributed by atoms with van der Waals surface area (Å²) in [5.74, 6) is 0.0188. The van der Waals surface area contributed by atoms with Crippen LogP contribution in [0.1, 0.15) is 28.3 Å². The van der Waals surface area contributed by atoms with Crippen molar-refractivity contribution in [2.45, 2.75) is 18.4 Å². The summed E-state index contributed by atoms with van der Waals surface area (Å²) in [6.45, 7) is 1.66. The molecule has 1 aliphatic rings. The molecule has 0 radical (unpaired) electrons. The second-order valence-electron chi connectivity index (χ2n) is 5.32. The van der Waals surface area contributed by atoms with Gasteiger partial charge in [-0.2, -0.15) is 0 Å². The Morgan fingerprint density at radius 2 is 1.67 bits per heavy atom. The number of esters is 1. The molecule has 2 aromatic rings. The highest BCUT2D eigenvalue weighted by molar-refractivity contribution is 5.89. The first-order valence-electron chi connectivity index (χ1n) is 7.36. The molecular formula is C18H19NO2. The Labute approximate surface area is 124 Å². The minimum absolute atomic E-state index is 0.117. The van der Waals surface area contributed by atoms with E-state index in [2.05, 4.69) is 17.4 Å². The first-order valence-corrected chi connectivity index (χ1v) is 7.36. The van der Waals surface area contributed by atoms with Gasteiger partial charge in [0.1, 0.15) is 6.10 Å². The van der Waals surface area contributed by atoms with Gasteiger partial charge < -0.3 is 10.1 Å². The van der Waals surface area contributed by atoms with Gasteiger partial charge in [-0.15, -0.1) is 0 Å². The van der Waals surface area contributed by atoms with Gasteiger partial charge in [-0.3, -0.25) is 0 Å². The lowest BCUT2D eigenvalue weighted by molar-refractivity contribution is 0.0182. The highest BCUT2D eigenvalue weighted by Gasteiger charge is 2.29. The van der Waals surface area contributed by atoms with Gasteiger partial charge in [0, 0.05) is 12.5 Å². The Hall–Kier alpha value is -2.13. The molecule has 0 aromatic heterocycles. The summed E-state index contributed by atoms with van der Waals surface area (Å²) in [6, 6.07) is 19.5. The minimum atomic E-state index is -0.245. The number of hydrogen-bond donors (Lipinski definition) is 1. The van der Waals surface area contributed by atoms with Crippen molar-refractivity contribution in [2.24, 2.45) is 0 Å². The average Bonchev–Trinajstić information content (AvgIpc) is 2.57. The number of ether oxygens (including phenoxy) is 1. The average molecular weight is 281 g/mol. The van der Waals surface area contributed by atoms with Gasteiger partial charge in [0.2, 0.25) is 0 Å². The van der Waals surface area contributed by atoms with Crippen molar-refractivity contribution in [3.05, 3.63) is 71.8 Å². The fraction of sp³-hybridized carbons (Fsp3) is 0.278. The molecule has 1 aliphatic heterocycles. The second kappa shape index (κ2) is 6.55. The molecule has 3 rings (SSSR count). The molecule has 0 aliphatic carbocycles. The van der Waals surface area contributed by atoms with Crippen molar-refractivity contribution in [1.82, 2.24) is 5.32 Å². The van der Waals surface area contributed by atoms with Crippen LogP contribution in [0.25, 0.3) is 0 Å². The van der Waals surface area contributed by atoms with E-state index in [4.69, 9.17) is 4.74 Å². The molecule has 1 saturated heterocycles. The summed E-state index contributed by atoms with van der Waals surface area (Å²) in [5.41, 5.74) is 1.85. The van der Waals surface area contributed by atoms with Crippen molar-refractivity contribution in [1.29, 1.82) is 0 Å². The number of piperidine rings is 1. The molecule has 0 saturated carbocycles. The predicted octanol–water partition coefficient (Wildman–Crippen LogP) is 2.99. The highest BCUT2D eigenvalue weighted by Crippen LogP contribution is 2.28. The lowest BCUT2D eigenvalue weighted by atomic mass is 9.88. The number of carbonyl (C=O) groups excluding carboxylic acids is 1. The maximum Gasteiger partial charge on any atom is 0.338 e. The Bertz CT molecular complexity index is 583. The van der Waals surface area contributed by atoms with Crippen molar-refractivity contribution < 1.29 is 9.53 Å². The van der Waals surface area contributed by atoms with E-state index in [1.165, 1.54) is 5.56 Å². The van der Waals surface area contributed by atoms with E-state index < -0.39 is 0 Å². The third-order valence-electron chi connectivity index (χ3n) is 3.92. The van der Waals surface area contributed by atoms with E-state index >= 15 is 0 Å². The predicted molar refractivity (Wildman–Crippen MR) is 82.3 cm³/mol. The van der Waals surface area contributed by atoms with E-state index in [1.807, 2.05) is 36.4 Å². The normalized spacial score (nSPS) is 21.7. The molecule has 0 amide bonds. The topological polar surface area (TPSA) is 38.3 Å². The van der Waals surface area contributed by atoms with Gasteiger partial charge in [0.25, 0.3) is 0 Å². The molecule has 108 valence electrons. The Morgan fingerprint density at radius 3 is 2.38 bits per heavy atom. The molecular weight excluding hydrogens is 262 g/mol. The van der Waals surface area contributed by atoms with Crippen LogP contribution in [0, 0.1) is 0 Å². The maximum atomic E-state index is 12.2. The first-order chi connectivity index (χ1) is 10.3. The zero-order valence-corrected chi connectivity index (χ0v) is 11.9. The highest BCUT2D eigenvalue weighted by atomic mass is 16.5. The van der Waals surface area contributed by atoms with Crippen LogP contribution in [-0.4, -0.2) is 25.2 Å². The Kier molecular flexibility index (Phi) is 4.31. The molecule has 21 heavy (non-hydrogen) atoms. The van der Waals surface area contributed by atoms with Gasteiger partial charge >= 0.3 is 5.97 Å². The molecule has 0 bridgehead atoms. The largest absolute Gasteiger partial charge is 0.457 e. The quantitative estimate of drug-likeness (QED) is 0.879. The molecule has 3 heteroatoms. The Balaban J connectivity index is 1.75. The van der Waals surface area contributed by atoms with Crippen LogP contribution in [0.5, 0.6) is 0 Å². The van der Waals surface area contributed by atoms with Gasteiger partial charge in [-0.1, -0.05) is 48.5 Å². The van der Waals surface area contributed by atoms with Crippen molar-refractivity contribution in [2.75, 3.05) is 13.1 Å². The standard InChI is InChI=1S/C18H19NO2/c20-18(15-9-5-2-6-10-15)21-17-13-19-12-11-16(17)14-7-3-1-4-8-14/h1-10,16-17,19H,11-13H2. The van der Waals surface area contributed by atoms with Crippen LogP contribution < -0.4 is 5.32 Å². The van der Waals surface area contributed by atoms with Crippen LogP contribution in [0.4, 0.5) is 0 Å². The van der Waals surface area contributed by atoms with E-state index in [0.29, 0.717) is 12.1 Å². The first kappa shape index (κ1) is 13.8. The van der Waals surface area contributed by atoms with E-state index in [1.54, 1.807) is 12.1 Å². The SMILES string of the molecule is O=C(OC1CNCCC1c1ccccc1)c1ccccc1. The van der Waals surface area contributed by atoms with Crippen LogP contribution in [0.2, 0.25) is 0 Å². The zero-order valence-electron chi connectivity index (χ0n) is 11.9. The van der Waals surface area contributed by atoms with E-state index in [0.717, 1.165) is 13.0 Å². The monoisotopic (exact) mass is 281 g/mol. The number of carbonyl (C=O) groups is 1. The zero-order chi connectivity index (χ0) is 14.5. The van der Waals surface area contributed by atoms with Crippen molar-refractivity contribution in [3.8, 4) is 0 Å². The molecule has 2 aromatic carbocycles. The van der Waals surface area contributed by atoms with Crippen molar-refractivity contribution in [3.63, 3.8) is 0 Å². The van der Waals surface area contributed by atoms with Gasteiger partial charge in [0.15, 0.2) is 0 Å². The van der Waals surface area contributed by atoms with Gasteiger partial charge in [0.05, 0.1) is 5.56 Å². The van der Waals surface area contributed by atoms with Crippen LogP contribution in [0.15, 0.2) is 60.7 Å². The van der Waals surface area contributed by atoms with Gasteiger partial charge in [-0.05, 0) is 30.7 Å². The fourth-order valence-corrected chi connectivity index (χ4v) is 2.82. The summed E-state index contributed by atoms with van der Waals surface area (Å²) in [6.07, 6.45) is 0.866. The third kappa shape index (κ3) is 3.31. The lowest BCUT2D eigenvalue weighted by Gasteiger charge is -2.32. The summed E-state index contributed by atoms with van der Waals surface area (Å²) in [4.78, 5) is 12.2. The number of rotatable bonds is 3. The Morgan fingerprint density at radius 1 is 1.00 bits per heavy atom.